The molecule has 0 aromatic carbocycles. The van der Waals surface area contributed by atoms with E-state index in [9.17, 15) is 14.0 Å². The Kier molecular flexibility index (Phi) is 4.84. The van der Waals surface area contributed by atoms with E-state index < -0.39 is 12.1 Å². The zero-order valence-electron chi connectivity index (χ0n) is 16.1. The van der Waals surface area contributed by atoms with Gasteiger partial charge in [0.15, 0.2) is 0 Å². The van der Waals surface area contributed by atoms with Gasteiger partial charge in [-0.05, 0) is 31.2 Å². The van der Waals surface area contributed by atoms with Crippen LogP contribution in [0, 0.1) is 23.7 Å². The average Bonchev–Trinajstić information content (AvgIpc) is 3.28. The van der Waals surface area contributed by atoms with Crippen LogP contribution in [0.25, 0.3) is 0 Å². The summed E-state index contributed by atoms with van der Waals surface area (Å²) in [5, 5.41) is 7.18. The van der Waals surface area contributed by atoms with E-state index in [-0.39, 0.29) is 23.1 Å². The lowest BCUT2D eigenvalue weighted by molar-refractivity contribution is -0.137. The van der Waals surface area contributed by atoms with Crippen molar-refractivity contribution in [2.24, 2.45) is 23.8 Å². The molecule has 1 saturated heterocycles. The summed E-state index contributed by atoms with van der Waals surface area (Å²) in [6, 6.07) is 0. The van der Waals surface area contributed by atoms with Crippen molar-refractivity contribution in [2.45, 2.75) is 40.0 Å². The van der Waals surface area contributed by atoms with Crippen LogP contribution in [0.3, 0.4) is 0 Å². The number of carbonyl (C=O) groups excluding carboxylic acids is 2. The highest BCUT2D eigenvalue weighted by molar-refractivity contribution is 5.86. The topological polar surface area (TPSA) is 67.2 Å². The fourth-order valence-electron chi connectivity index (χ4n) is 3.82. The molecule has 3 rings (SSSR count). The second kappa shape index (κ2) is 6.67. The number of halogens is 1. The summed E-state index contributed by atoms with van der Waals surface area (Å²) in [5.41, 5.74) is 0.966. The number of rotatable bonds is 6. The standard InChI is InChI=1S/C19H29FN4O2/c1-13-8-22-23(4)15(13)7-16(25)21-11-18(3)12-24(9-14(18)2)17(26)19(10-20)5-6-19/h8,14H,5-7,9-12H2,1-4H3,(H,21,25)/t14-,18-/m1/s1. The first kappa shape index (κ1) is 18.9. The average molecular weight is 364 g/mol. The lowest BCUT2D eigenvalue weighted by Crippen LogP contribution is -2.42. The number of alkyl halides is 1. The highest BCUT2D eigenvalue weighted by Gasteiger charge is 2.54. The molecular weight excluding hydrogens is 335 g/mol. The minimum absolute atomic E-state index is 0.0441. The van der Waals surface area contributed by atoms with E-state index in [2.05, 4.69) is 24.3 Å². The van der Waals surface area contributed by atoms with Crippen molar-refractivity contribution in [3.63, 3.8) is 0 Å². The van der Waals surface area contributed by atoms with E-state index in [1.165, 1.54) is 0 Å². The number of aromatic nitrogens is 2. The molecule has 1 N–H and O–H groups in total. The Labute approximate surface area is 154 Å². The van der Waals surface area contributed by atoms with Crippen LogP contribution in [0.15, 0.2) is 6.20 Å². The van der Waals surface area contributed by atoms with E-state index in [0.717, 1.165) is 11.3 Å². The molecule has 1 aromatic heterocycles. The van der Waals surface area contributed by atoms with Gasteiger partial charge in [-0.15, -0.1) is 0 Å². The molecular formula is C19H29FN4O2. The van der Waals surface area contributed by atoms with Crippen molar-refractivity contribution in [3.05, 3.63) is 17.5 Å². The molecule has 1 aliphatic carbocycles. The predicted molar refractivity (Wildman–Crippen MR) is 96.2 cm³/mol. The van der Waals surface area contributed by atoms with Gasteiger partial charge in [0.1, 0.15) is 6.67 Å². The molecule has 1 saturated carbocycles. The van der Waals surface area contributed by atoms with Crippen LogP contribution in [-0.4, -0.2) is 52.8 Å². The lowest BCUT2D eigenvalue weighted by atomic mass is 9.81. The van der Waals surface area contributed by atoms with Crippen LogP contribution in [0.2, 0.25) is 0 Å². The molecule has 26 heavy (non-hydrogen) atoms. The Hall–Kier alpha value is -1.92. The Morgan fingerprint density at radius 2 is 2.12 bits per heavy atom. The number of carbonyl (C=O) groups is 2. The third kappa shape index (κ3) is 3.35. The van der Waals surface area contributed by atoms with Crippen molar-refractivity contribution < 1.29 is 14.0 Å². The zero-order chi connectivity index (χ0) is 19.1. The molecule has 0 radical (unpaired) electrons. The molecule has 7 heteroatoms. The molecule has 2 aliphatic rings. The number of aryl methyl sites for hydroxylation is 2. The predicted octanol–water partition coefficient (Wildman–Crippen LogP) is 1.62. The van der Waals surface area contributed by atoms with Crippen LogP contribution < -0.4 is 5.32 Å². The molecule has 2 atom stereocenters. The summed E-state index contributed by atoms with van der Waals surface area (Å²) >= 11 is 0. The lowest BCUT2D eigenvalue weighted by Gasteiger charge is -2.29. The van der Waals surface area contributed by atoms with Gasteiger partial charge < -0.3 is 10.2 Å². The molecule has 144 valence electrons. The van der Waals surface area contributed by atoms with Gasteiger partial charge in [0.2, 0.25) is 11.8 Å². The van der Waals surface area contributed by atoms with Gasteiger partial charge in [0, 0.05) is 32.1 Å². The van der Waals surface area contributed by atoms with Gasteiger partial charge in [0.25, 0.3) is 0 Å². The fourth-order valence-corrected chi connectivity index (χ4v) is 3.82. The molecule has 0 unspecified atom stereocenters. The van der Waals surface area contributed by atoms with Gasteiger partial charge in [-0.1, -0.05) is 13.8 Å². The number of hydrogen-bond donors (Lipinski definition) is 1. The SMILES string of the molecule is Cc1cnn(C)c1CC(=O)NC[C@]1(C)CN(C(=O)C2(CF)CC2)C[C@H]1C. The van der Waals surface area contributed by atoms with Crippen LogP contribution in [0.1, 0.15) is 37.9 Å². The smallest absolute Gasteiger partial charge is 0.231 e. The number of hydrogen-bond acceptors (Lipinski definition) is 3. The maximum Gasteiger partial charge on any atom is 0.231 e. The van der Waals surface area contributed by atoms with E-state index in [0.29, 0.717) is 38.9 Å². The van der Waals surface area contributed by atoms with Crippen molar-refractivity contribution in [1.82, 2.24) is 20.0 Å². The number of nitrogens with one attached hydrogen (secondary N) is 1. The monoisotopic (exact) mass is 364 g/mol. The van der Waals surface area contributed by atoms with E-state index in [1.54, 1.807) is 15.8 Å². The minimum atomic E-state index is -0.745. The Morgan fingerprint density at radius 3 is 2.65 bits per heavy atom. The maximum absolute atomic E-state index is 13.2. The summed E-state index contributed by atoms with van der Waals surface area (Å²) in [4.78, 5) is 26.8. The fraction of sp³-hybridized carbons (Fsp3) is 0.737. The normalized spacial score (nSPS) is 26.8. The van der Waals surface area contributed by atoms with Gasteiger partial charge in [-0.25, -0.2) is 4.39 Å². The first-order chi connectivity index (χ1) is 12.2. The minimum Gasteiger partial charge on any atom is -0.355 e. The largest absolute Gasteiger partial charge is 0.355 e. The summed E-state index contributed by atoms with van der Waals surface area (Å²) in [6.45, 7) is 7.28. The van der Waals surface area contributed by atoms with E-state index in [4.69, 9.17) is 0 Å². The maximum atomic E-state index is 13.2. The molecule has 6 nitrogen and oxygen atoms in total. The van der Waals surface area contributed by atoms with Gasteiger partial charge in [0.05, 0.1) is 23.7 Å². The van der Waals surface area contributed by atoms with Crippen LogP contribution in [0.5, 0.6) is 0 Å². The van der Waals surface area contributed by atoms with Crippen LogP contribution >= 0.6 is 0 Å². The summed E-state index contributed by atoms with van der Waals surface area (Å²) in [6.07, 6.45) is 3.36. The van der Waals surface area contributed by atoms with Crippen molar-refractivity contribution in [2.75, 3.05) is 26.3 Å². The number of amides is 2. The highest BCUT2D eigenvalue weighted by Crippen LogP contribution is 2.49. The van der Waals surface area contributed by atoms with Crippen molar-refractivity contribution in [1.29, 1.82) is 0 Å². The van der Waals surface area contributed by atoms with Gasteiger partial charge in [-0.2, -0.15) is 5.10 Å². The van der Waals surface area contributed by atoms with E-state index in [1.807, 2.05) is 14.0 Å². The van der Waals surface area contributed by atoms with Gasteiger partial charge in [-0.3, -0.25) is 14.3 Å². The third-order valence-electron chi connectivity index (χ3n) is 6.37. The Balaban J connectivity index is 1.57. The quantitative estimate of drug-likeness (QED) is 0.834. The molecule has 2 amide bonds. The van der Waals surface area contributed by atoms with Crippen molar-refractivity contribution >= 4 is 11.8 Å². The number of likely N-dealkylation sites (tertiary alicyclic amines) is 1. The second-order valence-corrected chi connectivity index (χ2v) is 8.51. The molecule has 1 aliphatic heterocycles. The first-order valence-electron chi connectivity index (χ1n) is 9.30. The summed E-state index contributed by atoms with van der Waals surface area (Å²) < 4.78 is 14.9. The van der Waals surface area contributed by atoms with Gasteiger partial charge >= 0.3 is 0 Å². The Morgan fingerprint density at radius 1 is 1.42 bits per heavy atom. The summed E-state index contributed by atoms with van der Waals surface area (Å²) in [7, 11) is 1.83. The highest BCUT2D eigenvalue weighted by atomic mass is 19.1. The van der Waals surface area contributed by atoms with Crippen LogP contribution in [0.4, 0.5) is 4.39 Å². The molecule has 0 bridgehead atoms. The molecule has 2 fully saturated rings. The molecule has 1 aromatic rings. The molecule has 0 spiro atoms. The third-order valence-corrected chi connectivity index (χ3v) is 6.37. The Bertz CT molecular complexity index is 693. The van der Waals surface area contributed by atoms with Crippen LogP contribution in [-0.2, 0) is 23.1 Å². The summed E-state index contributed by atoms with van der Waals surface area (Å²) in [5.74, 6) is 0.158. The van der Waals surface area contributed by atoms with E-state index >= 15 is 0 Å². The molecule has 2 heterocycles. The second-order valence-electron chi connectivity index (χ2n) is 8.51. The van der Waals surface area contributed by atoms with Crippen molar-refractivity contribution in [3.8, 4) is 0 Å². The zero-order valence-corrected chi connectivity index (χ0v) is 16.1. The first-order valence-corrected chi connectivity index (χ1v) is 9.30. The number of nitrogens with zero attached hydrogens (tertiary/aromatic N) is 3.